The van der Waals surface area contributed by atoms with Crippen LogP contribution in [0.2, 0.25) is 0 Å². The van der Waals surface area contributed by atoms with E-state index in [0.29, 0.717) is 5.52 Å². The lowest BCUT2D eigenvalue weighted by molar-refractivity contribution is 0.604. The molecule has 7 nitrogen and oxygen atoms in total. The van der Waals surface area contributed by atoms with E-state index in [2.05, 4.69) is 14.4 Å². The molecule has 0 saturated carbocycles. The van der Waals surface area contributed by atoms with Gasteiger partial charge in [-0.1, -0.05) is 0 Å². The van der Waals surface area contributed by atoms with E-state index in [4.69, 9.17) is 0 Å². The van der Waals surface area contributed by atoms with Gasteiger partial charge in [0.15, 0.2) is 0 Å². The van der Waals surface area contributed by atoms with E-state index in [1.807, 2.05) is 0 Å². The molecule has 2 rings (SSSR count). The van der Waals surface area contributed by atoms with Crippen LogP contribution in [0.25, 0.3) is 10.2 Å². The maximum absolute atomic E-state index is 11.4. The lowest BCUT2D eigenvalue weighted by atomic mass is 10.2. The zero-order valence-electron chi connectivity index (χ0n) is 10.0. The number of thiazole rings is 1. The summed E-state index contributed by atoms with van der Waals surface area (Å²) >= 11 is 1.33. The highest BCUT2D eigenvalue weighted by molar-refractivity contribution is 7.92. The first-order valence-corrected chi connectivity index (χ1v) is 9.64. The number of sulfonamides is 2. The molecule has 0 atom stereocenters. The molecule has 19 heavy (non-hydrogen) atoms. The third-order valence-electron chi connectivity index (χ3n) is 2.09. The number of nitrogens with zero attached hydrogens (tertiary/aromatic N) is 1. The molecule has 0 aliphatic carbocycles. The number of benzene rings is 1. The molecule has 0 aliphatic heterocycles. The van der Waals surface area contributed by atoms with Crippen molar-refractivity contribution in [1.82, 2.24) is 4.98 Å². The zero-order valence-corrected chi connectivity index (χ0v) is 12.5. The summed E-state index contributed by atoms with van der Waals surface area (Å²) in [6, 6.07) is 3.17. The summed E-state index contributed by atoms with van der Waals surface area (Å²) in [4.78, 5) is 4.05. The summed E-state index contributed by atoms with van der Waals surface area (Å²) in [5.74, 6) is 0. The van der Waals surface area contributed by atoms with Gasteiger partial charge in [0.2, 0.25) is 20.0 Å². The molecule has 0 unspecified atom stereocenters. The molecule has 0 fully saturated rings. The van der Waals surface area contributed by atoms with E-state index in [-0.39, 0.29) is 11.4 Å². The van der Waals surface area contributed by atoms with Crippen molar-refractivity contribution in [3.63, 3.8) is 0 Å². The summed E-state index contributed by atoms with van der Waals surface area (Å²) < 4.78 is 50.6. The Balaban J connectivity index is 2.65. The van der Waals surface area contributed by atoms with Crippen LogP contribution in [-0.4, -0.2) is 34.3 Å². The van der Waals surface area contributed by atoms with E-state index in [0.717, 1.165) is 17.2 Å². The Morgan fingerprint density at radius 1 is 1.05 bits per heavy atom. The van der Waals surface area contributed by atoms with Crippen LogP contribution in [0, 0.1) is 0 Å². The molecule has 0 saturated heterocycles. The smallest absolute Gasteiger partial charge is 0.229 e. The molecule has 2 N–H and O–H groups in total. The van der Waals surface area contributed by atoms with Crippen molar-refractivity contribution < 1.29 is 16.8 Å². The fourth-order valence-corrected chi connectivity index (χ4v) is 3.34. The van der Waals surface area contributed by atoms with Gasteiger partial charge in [0.1, 0.15) is 5.52 Å². The maximum atomic E-state index is 11.4. The van der Waals surface area contributed by atoms with Crippen LogP contribution in [-0.2, 0) is 20.0 Å². The molecule has 1 aromatic heterocycles. The van der Waals surface area contributed by atoms with E-state index in [9.17, 15) is 16.8 Å². The van der Waals surface area contributed by atoms with Crippen molar-refractivity contribution in [2.24, 2.45) is 0 Å². The standard InChI is InChI=1S/C9H11N3O4S3/c1-18(13,14)11-6-3-4-7-9(10-5-17-7)8(6)12-19(2,15)16/h3-5,11-12H,1-2H3. The van der Waals surface area contributed by atoms with Crippen LogP contribution >= 0.6 is 11.3 Å². The molecular formula is C9H11N3O4S3. The van der Waals surface area contributed by atoms with Gasteiger partial charge in [-0.25, -0.2) is 21.8 Å². The fraction of sp³-hybridized carbons (Fsp3) is 0.222. The number of nitrogens with one attached hydrogen (secondary N) is 2. The van der Waals surface area contributed by atoms with Gasteiger partial charge < -0.3 is 0 Å². The molecule has 10 heteroatoms. The third-order valence-corrected chi connectivity index (χ3v) is 4.04. The van der Waals surface area contributed by atoms with E-state index < -0.39 is 20.0 Å². The van der Waals surface area contributed by atoms with Gasteiger partial charge in [-0.2, -0.15) is 0 Å². The summed E-state index contributed by atoms with van der Waals surface area (Å²) in [6.07, 6.45) is 1.98. The highest BCUT2D eigenvalue weighted by Crippen LogP contribution is 2.33. The van der Waals surface area contributed by atoms with Gasteiger partial charge in [0.25, 0.3) is 0 Å². The van der Waals surface area contributed by atoms with Crippen LogP contribution in [0.1, 0.15) is 0 Å². The second kappa shape index (κ2) is 4.62. The van der Waals surface area contributed by atoms with Crippen molar-refractivity contribution in [3.8, 4) is 0 Å². The quantitative estimate of drug-likeness (QED) is 0.875. The number of fused-ring (bicyclic) bond motifs is 1. The van der Waals surface area contributed by atoms with Gasteiger partial charge in [0, 0.05) is 0 Å². The second-order valence-corrected chi connectivity index (χ2v) is 8.32. The molecule has 1 aromatic carbocycles. The highest BCUT2D eigenvalue weighted by atomic mass is 32.2. The van der Waals surface area contributed by atoms with Crippen LogP contribution in [0.4, 0.5) is 11.4 Å². The molecule has 1 heterocycles. The minimum atomic E-state index is -3.54. The zero-order chi connectivity index (χ0) is 14.3. The predicted octanol–water partition coefficient (Wildman–Crippen LogP) is 1.04. The minimum absolute atomic E-state index is 0.131. The largest absolute Gasteiger partial charge is 0.282 e. The van der Waals surface area contributed by atoms with Gasteiger partial charge in [0.05, 0.1) is 34.1 Å². The average molecular weight is 321 g/mol. The van der Waals surface area contributed by atoms with Crippen molar-refractivity contribution in [1.29, 1.82) is 0 Å². The topological polar surface area (TPSA) is 105 Å². The number of aromatic nitrogens is 1. The Morgan fingerprint density at radius 2 is 1.68 bits per heavy atom. The summed E-state index contributed by atoms with van der Waals surface area (Å²) in [7, 11) is -7.06. The summed E-state index contributed by atoms with van der Waals surface area (Å²) in [5, 5.41) is 0. The first-order chi connectivity index (χ1) is 8.66. The van der Waals surface area contributed by atoms with Gasteiger partial charge >= 0.3 is 0 Å². The monoisotopic (exact) mass is 321 g/mol. The van der Waals surface area contributed by atoms with Crippen LogP contribution in [0.15, 0.2) is 17.6 Å². The number of rotatable bonds is 4. The Morgan fingerprint density at radius 3 is 2.26 bits per heavy atom. The molecular weight excluding hydrogens is 310 g/mol. The fourth-order valence-electron chi connectivity index (χ4n) is 1.50. The lowest BCUT2D eigenvalue weighted by Gasteiger charge is -2.12. The van der Waals surface area contributed by atoms with Crippen LogP contribution in [0.3, 0.4) is 0 Å². The Kier molecular flexibility index (Phi) is 3.41. The number of anilines is 2. The molecule has 0 amide bonds. The van der Waals surface area contributed by atoms with Crippen LogP contribution in [0.5, 0.6) is 0 Å². The molecule has 0 bridgehead atoms. The first-order valence-electron chi connectivity index (χ1n) is 4.97. The third kappa shape index (κ3) is 3.55. The SMILES string of the molecule is CS(=O)(=O)Nc1ccc2scnc2c1NS(C)(=O)=O. The predicted molar refractivity (Wildman–Crippen MR) is 76.6 cm³/mol. The molecule has 0 spiro atoms. The van der Waals surface area contributed by atoms with Crippen molar-refractivity contribution in [3.05, 3.63) is 17.6 Å². The van der Waals surface area contributed by atoms with Gasteiger partial charge in [-0.3, -0.25) is 9.44 Å². The van der Waals surface area contributed by atoms with Crippen molar-refractivity contribution in [2.75, 3.05) is 22.0 Å². The van der Waals surface area contributed by atoms with Gasteiger partial charge in [-0.15, -0.1) is 11.3 Å². The van der Waals surface area contributed by atoms with Crippen LogP contribution < -0.4 is 9.44 Å². The van der Waals surface area contributed by atoms with Crippen molar-refractivity contribution in [2.45, 2.75) is 0 Å². The Hall–Kier alpha value is -1.39. The Bertz CT molecular complexity index is 824. The average Bonchev–Trinajstić information content (AvgIpc) is 2.65. The van der Waals surface area contributed by atoms with Crippen molar-refractivity contribution >= 4 is 53.0 Å². The van der Waals surface area contributed by atoms with E-state index >= 15 is 0 Å². The highest BCUT2D eigenvalue weighted by Gasteiger charge is 2.16. The molecule has 2 aromatic rings. The van der Waals surface area contributed by atoms with E-state index in [1.165, 1.54) is 17.4 Å². The summed E-state index contributed by atoms with van der Waals surface area (Å²) in [5.41, 5.74) is 2.24. The molecule has 104 valence electrons. The summed E-state index contributed by atoms with van der Waals surface area (Å²) in [6.45, 7) is 0. The first kappa shape index (κ1) is 14.0. The second-order valence-electron chi connectivity index (χ2n) is 3.94. The molecule has 0 radical (unpaired) electrons. The maximum Gasteiger partial charge on any atom is 0.229 e. The number of hydrogen-bond donors (Lipinski definition) is 2. The molecule has 0 aliphatic rings. The number of hydrogen-bond acceptors (Lipinski definition) is 6. The van der Waals surface area contributed by atoms with E-state index in [1.54, 1.807) is 11.6 Å². The lowest BCUT2D eigenvalue weighted by Crippen LogP contribution is -2.15. The Labute approximate surface area is 114 Å². The van der Waals surface area contributed by atoms with Gasteiger partial charge in [-0.05, 0) is 12.1 Å². The normalized spacial score (nSPS) is 12.5. The minimum Gasteiger partial charge on any atom is -0.282 e.